The van der Waals surface area contributed by atoms with Crippen molar-refractivity contribution in [3.05, 3.63) is 39.2 Å². The van der Waals surface area contributed by atoms with E-state index in [4.69, 9.17) is 12.2 Å². The Bertz CT molecular complexity index is 679. The molecule has 0 saturated carbocycles. The topological polar surface area (TPSA) is 61.4 Å². The third kappa shape index (κ3) is 5.32. The summed E-state index contributed by atoms with van der Waals surface area (Å²) < 4.78 is 0.924. The molecule has 1 aliphatic heterocycles. The Hall–Kier alpha value is -1.38. The summed E-state index contributed by atoms with van der Waals surface area (Å²) in [5, 5.41) is 6.32. The van der Waals surface area contributed by atoms with E-state index < -0.39 is 0 Å². The molecule has 1 saturated heterocycles. The first kappa shape index (κ1) is 19.0. The molecule has 128 valence electrons. The van der Waals surface area contributed by atoms with Crippen LogP contribution < -0.4 is 10.6 Å². The van der Waals surface area contributed by atoms with E-state index in [9.17, 15) is 9.59 Å². The van der Waals surface area contributed by atoms with Crippen LogP contribution in [-0.2, 0) is 4.79 Å². The lowest BCUT2D eigenvalue weighted by Gasteiger charge is -2.14. The number of benzene rings is 1. The number of nitrogens with one attached hydrogen (secondary N) is 2. The summed E-state index contributed by atoms with van der Waals surface area (Å²) in [4.78, 5) is 26.1. The molecule has 5 nitrogen and oxygen atoms in total. The van der Waals surface area contributed by atoms with Gasteiger partial charge >= 0.3 is 0 Å². The SMILES string of the molecule is CCCNC(=S)NCCN1C(=O)S/C(=C\c2cccc(Br)c2)C1=O. The molecule has 2 amide bonds. The minimum absolute atomic E-state index is 0.254. The number of imide groups is 1. The van der Waals surface area contributed by atoms with Crippen molar-refractivity contribution in [2.75, 3.05) is 19.6 Å². The summed E-state index contributed by atoms with van der Waals surface area (Å²) >= 11 is 9.46. The van der Waals surface area contributed by atoms with Crippen molar-refractivity contribution in [3.63, 3.8) is 0 Å². The van der Waals surface area contributed by atoms with Crippen LogP contribution in [0.4, 0.5) is 4.79 Å². The first-order chi connectivity index (χ1) is 11.5. The maximum atomic E-state index is 12.4. The van der Waals surface area contributed by atoms with Gasteiger partial charge in [0.25, 0.3) is 11.1 Å². The lowest BCUT2D eigenvalue weighted by atomic mass is 10.2. The van der Waals surface area contributed by atoms with Gasteiger partial charge in [0.2, 0.25) is 0 Å². The van der Waals surface area contributed by atoms with Crippen LogP contribution in [0.15, 0.2) is 33.6 Å². The lowest BCUT2D eigenvalue weighted by Crippen LogP contribution is -2.41. The molecule has 8 heteroatoms. The van der Waals surface area contributed by atoms with E-state index in [2.05, 4.69) is 26.6 Å². The molecule has 0 radical (unpaired) electrons. The molecule has 0 aliphatic carbocycles. The van der Waals surface area contributed by atoms with Gasteiger partial charge in [-0.3, -0.25) is 14.5 Å². The molecule has 1 fully saturated rings. The molecule has 2 rings (SSSR count). The molecule has 0 unspecified atom stereocenters. The van der Waals surface area contributed by atoms with Crippen molar-refractivity contribution in [2.24, 2.45) is 0 Å². The minimum Gasteiger partial charge on any atom is -0.363 e. The monoisotopic (exact) mass is 427 g/mol. The quantitative estimate of drug-likeness (QED) is 0.535. The molecular formula is C16H18BrN3O2S2. The standard InChI is InChI=1S/C16H18BrN3O2S2/c1-2-6-18-15(23)19-7-8-20-14(21)13(24-16(20)22)10-11-4-3-5-12(17)9-11/h3-5,9-10H,2,6-8H2,1H3,(H2,18,19,23)/b13-10-. The van der Waals surface area contributed by atoms with Crippen LogP contribution in [0.5, 0.6) is 0 Å². The van der Waals surface area contributed by atoms with Crippen LogP contribution in [-0.4, -0.2) is 40.8 Å². The number of amides is 2. The molecule has 0 bridgehead atoms. The Morgan fingerprint density at radius 3 is 2.79 bits per heavy atom. The fourth-order valence-electron chi connectivity index (χ4n) is 2.02. The zero-order valence-corrected chi connectivity index (χ0v) is 16.4. The minimum atomic E-state index is -0.265. The van der Waals surface area contributed by atoms with Gasteiger partial charge in [-0.1, -0.05) is 35.0 Å². The highest BCUT2D eigenvalue weighted by atomic mass is 79.9. The molecule has 1 aromatic rings. The highest BCUT2D eigenvalue weighted by molar-refractivity contribution is 9.10. The summed E-state index contributed by atoms with van der Waals surface area (Å²) in [6.07, 6.45) is 2.71. The van der Waals surface area contributed by atoms with Gasteiger partial charge in [0.05, 0.1) is 4.91 Å². The second-order valence-electron chi connectivity index (χ2n) is 5.07. The Balaban J connectivity index is 1.93. The van der Waals surface area contributed by atoms with Crippen molar-refractivity contribution in [2.45, 2.75) is 13.3 Å². The smallest absolute Gasteiger partial charge is 0.293 e. The van der Waals surface area contributed by atoms with Crippen LogP contribution in [0.2, 0.25) is 0 Å². The first-order valence-corrected chi connectivity index (χ1v) is 9.55. The number of hydrogen-bond acceptors (Lipinski definition) is 4. The average Bonchev–Trinajstić information content (AvgIpc) is 2.80. The van der Waals surface area contributed by atoms with Gasteiger partial charge in [0.1, 0.15) is 0 Å². The van der Waals surface area contributed by atoms with E-state index in [1.54, 1.807) is 6.08 Å². The van der Waals surface area contributed by atoms with E-state index >= 15 is 0 Å². The number of carbonyl (C=O) groups excluding carboxylic acids is 2. The maximum absolute atomic E-state index is 12.4. The van der Waals surface area contributed by atoms with Crippen LogP contribution in [0, 0.1) is 0 Å². The van der Waals surface area contributed by atoms with E-state index in [-0.39, 0.29) is 17.7 Å². The van der Waals surface area contributed by atoms with Gasteiger partial charge < -0.3 is 10.6 Å². The highest BCUT2D eigenvalue weighted by Crippen LogP contribution is 2.32. The zero-order chi connectivity index (χ0) is 17.5. The van der Waals surface area contributed by atoms with E-state index in [1.807, 2.05) is 31.2 Å². The molecule has 0 atom stereocenters. The molecule has 0 spiro atoms. The third-order valence-electron chi connectivity index (χ3n) is 3.18. The fraction of sp³-hybridized carbons (Fsp3) is 0.312. The second-order valence-corrected chi connectivity index (χ2v) is 7.39. The van der Waals surface area contributed by atoms with Crippen LogP contribution >= 0.6 is 39.9 Å². The Kier molecular flexibility index (Phi) is 7.26. The van der Waals surface area contributed by atoms with Crippen molar-refractivity contribution in [1.29, 1.82) is 0 Å². The first-order valence-electron chi connectivity index (χ1n) is 7.54. The molecular weight excluding hydrogens is 410 g/mol. The predicted molar refractivity (Wildman–Crippen MR) is 106 cm³/mol. The van der Waals surface area contributed by atoms with E-state index in [0.717, 1.165) is 34.8 Å². The molecule has 0 aromatic heterocycles. The van der Waals surface area contributed by atoms with Crippen LogP contribution in [0.3, 0.4) is 0 Å². The van der Waals surface area contributed by atoms with E-state index in [0.29, 0.717) is 16.6 Å². The van der Waals surface area contributed by atoms with Crippen LogP contribution in [0.1, 0.15) is 18.9 Å². The Morgan fingerprint density at radius 2 is 2.08 bits per heavy atom. The maximum Gasteiger partial charge on any atom is 0.293 e. The van der Waals surface area contributed by atoms with Crippen molar-refractivity contribution in [1.82, 2.24) is 15.5 Å². The highest BCUT2D eigenvalue weighted by Gasteiger charge is 2.34. The molecule has 1 aliphatic rings. The molecule has 24 heavy (non-hydrogen) atoms. The Morgan fingerprint density at radius 1 is 1.33 bits per heavy atom. The average molecular weight is 428 g/mol. The normalized spacial score (nSPS) is 15.9. The molecule has 1 heterocycles. The van der Waals surface area contributed by atoms with E-state index in [1.165, 1.54) is 4.90 Å². The second kappa shape index (κ2) is 9.19. The van der Waals surface area contributed by atoms with Crippen LogP contribution in [0.25, 0.3) is 6.08 Å². The Labute approximate surface area is 159 Å². The van der Waals surface area contributed by atoms with Gasteiger partial charge in [0, 0.05) is 24.1 Å². The lowest BCUT2D eigenvalue weighted by molar-refractivity contribution is -0.122. The zero-order valence-electron chi connectivity index (χ0n) is 13.2. The fourth-order valence-corrected chi connectivity index (χ4v) is 3.51. The summed E-state index contributed by atoms with van der Waals surface area (Å²) in [6.45, 7) is 3.56. The van der Waals surface area contributed by atoms with Gasteiger partial charge in [0.15, 0.2) is 5.11 Å². The number of nitrogens with zero attached hydrogens (tertiary/aromatic N) is 1. The number of thiocarbonyl (C=S) groups is 1. The summed E-state index contributed by atoms with van der Waals surface area (Å²) in [5.41, 5.74) is 0.873. The van der Waals surface area contributed by atoms with Gasteiger partial charge in [-0.25, -0.2) is 0 Å². The summed E-state index contributed by atoms with van der Waals surface area (Å²) in [7, 11) is 0. The summed E-state index contributed by atoms with van der Waals surface area (Å²) in [6, 6.07) is 7.57. The molecule has 2 N–H and O–H groups in total. The number of halogens is 1. The molecule has 1 aromatic carbocycles. The van der Waals surface area contributed by atoms with Gasteiger partial charge in [-0.05, 0) is 54.2 Å². The number of hydrogen-bond donors (Lipinski definition) is 2. The van der Waals surface area contributed by atoms with Gasteiger partial charge in [-0.2, -0.15) is 0 Å². The number of thioether (sulfide) groups is 1. The third-order valence-corrected chi connectivity index (χ3v) is 4.87. The number of rotatable bonds is 6. The van der Waals surface area contributed by atoms with Crippen molar-refractivity contribution in [3.8, 4) is 0 Å². The predicted octanol–water partition coefficient (Wildman–Crippen LogP) is 3.36. The van der Waals surface area contributed by atoms with Crippen molar-refractivity contribution >= 4 is 62.2 Å². The van der Waals surface area contributed by atoms with Gasteiger partial charge in [-0.15, -0.1) is 0 Å². The largest absolute Gasteiger partial charge is 0.363 e. The van der Waals surface area contributed by atoms with Crippen molar-refractivity contribution < 1.29 is 9.59 Å². The number of carbonyl (C=O) groups is 2. The summed E-state index contributed by atoms with van der Waals surface area (Å²) in [5.74, 6) is -0.265.